The van der Waals surface area contributed by atoms with Gasteiger partial charge in [0.15, 0.2) is 0 Å². The van der Waals surface area contributed by atoms with Crippen LogP contribution in [0.15, 0.2) is 55.1 Å². The van der Waals surface area contributed by atoms with E-state index in [0.717, 1.165) is 26.5 Å². The van der Waals surface area contributed by atoms with E-state index in [1.54, 1.807) is 24.0 Å². The average molecular weight is 313 g/mol. The Labute approximate surface area is 129 Å². The lowest BCUT2D eigenvalue weighted by molar-refractivity contribution is 1.06. The smallest absolute Gasteiger partial charge is 0.126 e. The van der Waals surface area contributed by atoms with E-state index in [1.165, 1.54) is 0 Å². The molecule has 0 saturated carbocycles. The molecule has 0 N–H and O–H groups in total. The van der Waals surface area contributed by atoms with Gasteiger partial charge in [-0.3, -0.25) is 4.57 Å². The molecule has 0 radical (unpaired) electrons. The Morgan fingerprint density at radius 2 is 1.81 bits per heavy atom. The molecule has 2 aromatic heterocycles. The summed E-state index contributed by atoms with van der Waals surface area (Å²) in [6.45, 7) is 0. The van der Waals surface area contributed by atoms with Crippen molar-refractivity contribution in [2.45, 2.75) is 0 Å². The van der Waals surface area contributed by atoms with E-state index < -0.39 is 0 Å². The summed E-state index contributed by atoms with van der Waals surface area (Å²) in [5.41, 5.74) is 2.87. The summed E-state index contributed by atoms with van der Waals surface area (Å²) in [5, 5.41) is 9.25. The van der Waals surface area contributed by atoms with Gasteiger partial charge in [0.2, 0.25) is 0 Å². The van der Waals surface area contributed by atoms with Crippen LogP contribution >= 0.6 is 22.9 Å². The summed E-state index contributed by atoms with van der Waals surface area (Å²) in [7, 11) is 0. The molecule has 4 aromatic rings. The number of fused-ring (bicyclic) bond motifs is 1. The average Bonchev–Trinajstić information content (AvgIpc) is 3.17. The first kappa shape index (κ1) is 12.5. The standard InChI is InChI=1S/C15H9ClN4S/c16-12-6-5-10(20-8-17-18-9-20)7-11(12)15-19-13-3-1-2-4-14(13)21-15/h1-9H. The molecule has 102 valence electrons. The lowest BCUT2D eigenvalue weighted by Crippen LogP contribution is -1.91. The summed E-state index contributed by atoms with van der Waals surface area (Å²) < 4.78 is 2.99. The van der Waals surface area contributed by atoms with Crippen molar-refractivity contribution in [1.82, 2.24) is 19.7 Å². The second-order valence-electron chi connectivity index (χ2n) is 4.52. The number of rotatable bonds is 2. The van der Waals surface area contributed by atoms with Crippen LogP contribution in [-0.2, 0) is 0 Å². The maximum Gasteiger partial charge on any atom is 0.126 e. The van der Waals surface area contributed by atoms with Gasteiger partial charge in [-0.15, -0.1) is 21.5 Å². The predicted molar refractivity (Wildman–Crippen MR) is 85.0 cm³/mol. The fourth-order valence-corrected chi connectivity index (χ4v) is 3.42. The fourth-order valence-electron chi connectivity index (χ4n) is 2.16. The molecule has 0 unspecified atom stereocenters. The maximum absolute atomic E-state index is 6.35. The molecule has 4 rings (SSSR count). The number of halogens is 1. The number of aromatic nitrogens is 4. The highest BCUT2D eigenvalue weighted by molar-refractivity contribution is 7.21. The van der Waals surface area contributed by atoms with Gasteiger partial charge in [0.25, 0.3) is 0 Å². The van der Waals surface area contributed by atoms with Crippen LogP contribution in [0.3, 0.4) is 0 Å². The minimum Gasteiger partial charge on any atom is -0.288 e. The van der Waals surface area contributed by atoms with Crippen LogP contribution in [0.5, 0.6) is 0 Å². The van der Waals surface area contributed by atoms with E-state index in [-0.39, 0.29) is 0 Å². The van der Waals surface area contributed by atoms with Gasteiger partial charge in [-0.05, 0) is 30.3 Å². The van der Waals surface area contributed by atoms with Crippen LogP contribution in [-0.4, -0.2) is 19.7 Å². The zero-order valence-corrected chi connectivity index (χ0v) is 12.3. The van der Waals surface area contributed by atoms with Crippen molar-refractivity contribution in [2.75, 3.05) is 0 Å². The molecule has 0 atom stereocenters. The lowest BCUT2D eigenvalue weighted by atomic mass is 10.2. The Hall–Kier alpha value is -2.24. The van der Waals surface area contributed by atoms with Crippen molar-refractivity contribution >= 4 is 33.2 Å². The maximum atomic E-state index is 6.35. The molecule has 2 aromatic carbocycles. The number of para-hydroxylation sites is 1. The highest BCUT2D eigenvalue weighted by Crippen LogP contribution is 2.35. The summed E-state index contributed by atoms with van der Waals surface area (Å²) in [6.07, 6.45) is 3.32. The van der Waals surface area contributed by atoms with Crippen LogP contribution in [0.4, 0.5) is 0 Å². The minimum absolute atomic E-state index is 0.686. The summed E-state index contributed by atoms with van der Waals surface area (Å²) >= 11 is 7.98. The molecular formula is C15H9ClN4S. The zero-order chi connectivity index (χ0) is 14.2. The Morgan fingerprint density at radius 3 is 2.62 bits per heavy atom. The van der Waals surface area contributed by atoms with Crippen LogP contribution < -0.4 is 0 Å². The number of benzene rings is 2. The van der Waals surface area contributed by atoms with Crippen LogP contribution in [0.25, 0.3) is 26.5 Å². The molecule has 4 nitrogen and oxygen atoms in total. The molecule has 0 aliphatic carbocycles. The first-order chi connectivity index (χ1) is 10.3. The quantitative estimate of drug-likeness (QED) is 0.557. The largest absolute Gasteiger partial charge is 0.288 e. The molecule has 2 heterocycles. The molecule has 0 aliphatic heterocycles. The second kappa shape index (κ2) is 4.95. The monoisotopic (exact) mass is 312 g/mol. The van der Waals surface area contributed by atoms with E-state index in [1.807, 2.05) is 41.0 Å². The van der Waals surface area contributed by atoms with E-state index in [2.05, 4.69) is 21.2 Å². The number of hydrogen-bond acceptors (Lipinski definition) is 4. The molecule has 0 saturated heterocycles. The predicted octanol–water partition coefficient (Wildman–Crippen LogP) is 4.20. The van der Waals surface area contributed by atoms with Gasteiger partial charge >= 0.3 is 0 Å². The minimum atomic E-state index is 0.686. The van der Waals surface area contributed by atoms with Gasteiger partial charge in [0.1, 0.15) is 17.7 Å². The van der Waals surface area contributed by atoms with Crippen LogP contribution in [0, 0.1) is 0 Å². The molecule has 0 spiro atoms. The first-order valence-electron chi connectivity index (χ1n) is 6.32. The third kappa shape index (κ3) is 2.20. The highest BCUT2D eigenvalue weighted by Gasteiger charge is 2.11. The number of thiazole rings is 1. The van der Waals surface area contributed by atoms with Gasteiger partial charge < -0.3 is 0 Å². The van der Waals surface area contributed by atoms with Gasteiger partial charge in [-0.1, -0.05) is 23.7 Å². The van der Waals surface area contributed by atoms with E-state index in [4.69, 9.17) is 11.6 Å². The molecule has 0 bridgehead atoms. The first-order valence-corrected chi connectivity index (χ1v) is 7.51. The molecule has 21 heavy (non-hydrogen) atoms. The third-order valence-electron chi connectivity index (χ3n) is 3.19. The Bertz CT molecular complexity index is 881. The van der Waals surface area contributed by atoms with Gasteiger partial charge in [-0.2, -0.15) is 0 Å². The van der Waals surface area contributed by atoms with Crippen molar-refractivity contribution in [3.63, 3.8) is 0 Å². The summed E-state index contributed by atoms with van der Waals surface area (Å²) in [5.74, 6) is 0. The second-order valence-corrected chi connectivity index (χ2v) is 5.96. The molecule has 0 aliphatic rings. The van der Waals surface area contributed by atoms with Gasteiger partial charge in [-0.25, -0.2) is 4.98 Å². The Morgan fingerprint density at radius 1 is 1.00 bits per heavy atom. The van der Waals surface area contributed by atoms with Gasteiger partial charge in [0.05, 0.1) is 15.2 Å². The topological polar surface area (TPSA) is 43.6 Å². The van der Waals surface area contributed by atoms with Crippen molar-refractivity contribution in [3.8, 4) is 16.3 Å². The molecule has 0 amide bonds. The van der Waals surface area contributed by atoms with E-state index in [0.29, 0.717) is 5.02 Å². The molecule has 0 fully saturated rings. The van der Waals surface area contributed by atoms with Crippen molar-refractivity contribution in [2.24, 2.45) is 0 Å². The van der Waals surface area contributed by atoms with Crippen molar-refractivity contribution in [3.05, 3.63) is 60.1 Å². The molecular weight excluding hydrogens is 304 g/mol. The SMILES string of the molecule is Clc1ccc(-n2cnnc2)cc1-c1nc2ccccc2s1. The van der Waals surface area contributed by atoms with E-state index in [9.17, 15) is 0 Å². The number of hydrogen-bond donors (Lipinski definition) is 0. The summed E-state index contributed by atoms with van der Waals surface area (Å²) in [4.78, 5) is 4.66. The zero-order valence-electron chi connectivity index (χ0n) is 10.8. The normalized spacial score (nSPS) is 11.1. The number of nitrogens with zero attached hydrogens (tertiary/aromatic N) is 4. The Kier molecular flexibility index (Phi) is 2.94. The van der Waals surface area contributed by atoms with Crippen molar-refractivity contribution < 1.29 is 0 Å². The fraction of sp³-hybridized carbons (Fsp3) is 0. The van der Waals surface area contributed by atoms with E-state index >= 15 is 0 Å². The Balaban J connectivity index is 1.89. The van der Waals surface area contributed by atoms with Crippen molar-refractivity contribution in [1.29, 1.82) is 0 Å². The summed E-state index contributed by atoms with van der Waals surface area (Å²) in [6, 6.07) is 13.9. The van der Waals surface area contributed by atoms with Gasteiger partial charge in [0, 0.05) is 11.3 Å². The molecule has 6 heteroatoms. The lowest BCUT2D eigenvalue weighted by Gasteiger charge is -2.05. The highest BCUT2D eigenvalue weighted by atomic mass is 35.5. The third-order valence-corrected chi connectivity index (χ3v) is 4.59. The van der Waals surface area contributed by atoms with Crippen LogP contribution in [0.2, 0.25) is 5.02 Å². The van der Waals surface area contributed by atoms with Crippen LogP contribution in [0.1, 0.15) is 0 Å².